The van der Waals surface area contributed by atoms with Crippen LogP contribution in [0.5, 0.6) is 17.2 Å². The highest BCUT2D eigenvalue weighted by atomic mass is 16.6. The minimum Gasteiger partial charge on any atom is -0.507 e. The molecule has 0 spiro atoms. The van der Waals surface area contributed by atoms with E-state index in [-0.39, 0.29) is 39.7 Å². The summed E-state index contributed by atoms with van der Waals surface area (Å²) in [6.45, 7) is 3.11. The van der Waals surface area contributed by atoms with Crippen molar-refractivity contribution < 1.29 is 34.1 Å². The molecule has 27 heavy (non-hydrogen) atoms. The van der Waals surface area contributed by atoms with E-state index < -0.39 is 40.5 Å². The van der Waals surface area contributed by atoms with Crippen molar-refractivity contribution in [2.45, 2.75) is 26.1 Å². The molecule has 0 bridgehead atoms. The average molecular weight is 368 g/mol. The summed E-state index contributed by atoms with van der Waals surface area (Å²) in [5, 5.41) is 21.3. The molecule has 7 nitrogen and oxygen atoms in total. The number of carbonyl (C=O) groups excluding carboxylic acids is 3. The number of epoxide rings is 1. The molecule has 2 N–H and O–H groups in total. The fourth-order valence-electron chi connectivity index (χ4n) is 3.58. The van der Waals surface area contributed by atoms with Crippen molar-refractivity contribution >= 4 is 17.3 Å². The molecule has 7 heteroatoms. The molecule has 0 saturated carbocycles. The fourth-order valence-corrected chi connectivity index (χ4v) is 3.58. The Labute approximate surface area is 154 Å². The summed E-state index contributed by atoms with van der Waals surface area (Å²) in [5.74, 6) is -2.80. The summed E-state index contributed by atoms with van der Waals surface area (Å²) in [7, 11) is 1.36. The molecule has 1 aliphatic heterocycles. The van der Waals surface area contributed by atoms with Gasteiger partial charge < -0.3 is 19.7 Å². The highest BCUT2D eigenvalue weighted by molar-refractivity contribution is 6.32. The number of ether oxygens (including phenoxy) is 2. The number of carbonyl (C=O) groups is 3. The van der Waals surface area contributed by atoms with Gasteiger partial charge in [0.1, 0.15) is 23.4 Å². The lowest BCUT2D eigenvalue weighted by molar-refractivity contribution is 0.0944. The highest BCUT2D eigenvalue weighted by Gasteiger charge is 2.46. The Morgan fingerprint density at radius 2 is 1.70 bits per heavy atom. The smallest absolute Gasteiger partial charge is 0.202 e. The molecule has 2 aromatic carbocycles. The molecular formula is C20H16O7. The van der Waals surface area contributed by atoms with Gasteiger partial charge in [-0.3, -0.25) is 14.4 Å². The second kappa shape index (κ2) is 5.65. The van der Waals surface area contributed by atoms with Gasteiger partial charge in [-0.05, 0) is 19.9 Å². The van der Waals surface area contributed by atoms with Crippen molar-refractivity contribution in [2.75, 3.05) is 7.11 Å². The number of Topliss-reactive ketones (excluding diaryl/α,β-unsaturated/α-hetero) is 1. The predicted molar refractivity (Wildman–Crippen MR) is 93.0 cm³/mol. The molecule has 2 aliphatic rings. The number of hydrogen-bond donors (Lipinski definition) is 2. The van der Waals surface area contributed by atoms with Crippen LogP contribution in [-0.2, 0) is 4.74 Å². The van der Waals surface area contributed by atoms with Crippen LogP contribution in [0, 0.1) is 6.92 Å². The first-order chi connectivity index (χ1) is 12.8. The maximum Gasteiger partial charge on any atom is 0.202 e. The van der Waals surface area contributed by atoms with Gasteiger partial charge in [-0.15, -0.1) is 0 Å². The summed E-state index contributed by atoms with van der Waals surface area (Å²) in [6.07, 6.45) is -1.06. The predicted octanol–water partition coefficient (Wildman–Crippen LogP) is 2.16. The number of fused-ring (bicyclic) bond motifs is 2. The minimum atomic E-state index is -0.747. The zero-order valence-electron chi connectivity index (χ0n) is 14.8. The van der Waals surface area contributed by atoms with E-state index in [4.69, 9.17) is 9.47 Å². The van der Waals surface area contributed by atoms with Crippen LogP contribution in [0.25, 0.3) is 0 Å². The summed E-state index contributed by atoms with van der Waals surface area (Å²) in [6, 6.07) is 4.53. The van der Waals surface area contributed by atoms with Gasteiger partial charge >= 0.3 is 0 Å². The standard InChI is InChI=1S/C20H16O7/c1-7-11(19(25)20-8(2)27-20)17(23)14-13(15(7)21)16(22)9-5-4-6-10(26-3)12(9)18(14)24/h4-6,8,20-21,23H,1-3H3. The van der Waals surface area contributed by atoms with E-state index in [2.05, 4.69) is 0 Å². The number of ketones is 3. The van der Waals surface area contributed by atoms with Crippen LogP contribution >= 0.6 is 0 Å². The van der Waals surface area contributed by atoms with E-state index in [0.717, 1.165) is 0 Å². The first-order valence-electron chi connectivity index (χ1n) is 8.34. The second-order valence-electron chi connectivity index (χ2n) is 6.61. The lowest BCUT2D eigenvalue weighted by Gasteiger charge is -2.23. The van der Waals surface area contributed by atoms with Crippen molar-refractivity contribution in [3.05, 3.63) is 51.6 Å². The number of aromatic hydroxyl groups is 2. The molecule has 0 amide bonds. The molecule has 1 saturated heterocycles. The monoisotopic (exact) mass is 368 g/mol. The maximum absolute atomic E-state index is 13.1. The van der Waals surface area contributed by atoms with E-state index in [9.17, 15) is 24.6 Å². The van der Waals surface area contributed by atoms with E-state index in [1.165, 1.54) is 26.2 Å². The van der Waals surface area contributed by atoms with E-state index in [1.54, 1.807) is 13.0 Å². The fraction of sp³-hybridized carbons (Fsp3) is 0.250. The first-order valence-corrected chi connectivity index (χ1v) is 8.34. The van der Waals surface area contributed by atoms with Gasteiger partial charge in [-0.2, -0.15) is 0 Å². The van der Waals surface area contributed by atoms with Gasteiger partial charge in [-0.25, -0.2) is 0 Å². The molecule has 0 radical (unpaired) electrons. The Balaban J connectivity index is 2.01. The van der Waals surface area contributed by atoms with Crippen LogP contribution in [0.2, 0.25) is 0 Å². The summed E-state index contributed by atoms with van der Waals surface area (Å²) < 4.78 is 10.3. The quantitative estimate of drug-likeness (QED) is 0.414. The van der Waals surface area contributed by atoms with Crippen molar-refractivity contribution in [1.82, 2.24) is 0 Å². The highest BCUT2D eigenvalue weighted by Crippen LogP contribution is 2.45. The van der Waals surface area contributed by atoms with Gasteiger partial charge in [0.05, 0.1) is 35.5 Å². The Kier molecular flexibility index (Phi) is 3.61. The van der Waals surface area contributed by atoms with Crippen LogP contribution < -0.4 is 4.74 Å². The zero-order valence-corrected chi connectivity index (χ0v) is 14.8. The molecular weight excluding hydrogens is 352 g/mol. The number of methoxy groups -OCH3 is 1. The van der Waals surface area contributed by atoms with Gasteiger partial charge in [0.25, 0.3) is 0 Å². The number of hydrogen-bond acceptors (Lipinski definition) is 7. The summed E-state index contributed by atoms with van der Waals surface area (Å²) in [5.41, 5.74) is -0.815. The third-order valence-corrected chi connectivity index (χ3v) is 5.08. The molecule has 2 aromatic rings. The average Bonchev–Trinajstić information content (AvgIpc) is 3.38. The van der Waals surface area contributed by atoms with Crippen molar-refractivity contribution in [2.24, 2.45) is 0 Å². The van der Waals surface area contributed by atoms with Crippen LogP contribution in [0.3, 0.4) is 0 Å². The number of rotatable bonds is 3. The van der Waals surface area contributed by atoms with Crippen molar-refractivity contribution in [3.63, 3.8) is 0 Å². The number of phenolic OH excluding ortho intramolecular Hbond substituents is 2. The molecule has 0 aromatic heterocycles. The molecule has 1 heterocycles. The van der Waals surface area contributed by atoms with Crippen LogP contribution in [-0.4, -0.2) is 46.9 Å². The Morgan fingerprint density at radius 3 is 2.30 bits per heavy atom. The van der Waals surface area contributed by atoms with Crippen molar-refractivity contribution in [1.29, 1.82) is 0 Å². The molecule has 138 valence electrons. The summed E-state index contributed by atoms with van der Waals surface area (Å²) >= 11 is 0. The van der Waals surface area contributed by atoms with Crippen LogP contribution in [0.1, 0.15) is 54.7 Å². The summed E-state index contributed by atoms with van der Waals surface area (Å²) in [4.78, 5) is 38.7. The Hall–Kier alpha value is -3.19. The number of phenols is 2. The largest absolute Gasteiger partial charge is 0.507 e. The SMILES string of the molecule is COc1cccc2c1C(=O)c1c(O)c(C(=O)C3OC3C)c(C)c(O)c1C2=O. The van der Waals surface area contributed by atoms with Gasteiger partial charge in [0.2, 0.25) is 5.78 Å². The normalized spacial score (nSPS) is 20.1. The topological polar surface area (TPSA) is 113 Å². The minimum absolute atomic E-state index is 0.00880. The van der Waals surface area contributed by atoms with Gasteiger partial charge in [0.15, 0.2) is 11.6 Å². The van der Waals surface area contributed by atoms with Crippen LogP contribution in [0.4, 0.5) is 0 Å². The number of benzene rings is 2. The lowest BCUT2D eigenvalue weighted by Crippen LogP contribution is -2.24. The molecule has 1 fully saturated rings. The zero-order chi connectivity index (χ0) is 19.6. The van der Waals surface area contributed by atoms with Gasteiger partial charge in [-0.1, -0.05) is 12.1 Å². The van der Waals surface area contributed by atoms with E-state index >= 15 is 0 Å². The van der Waals surface area contributed by atoms with Gasteiger partial charge in [0, 0.05) is 11.1 Å². The lowest BCUT2D eigenvalue weighted by atomic mass is 9.79. The Bertz CT molecular complexity index is 1050. The van der Waals surface area contributed by atoms with E-state index in [1.807, 2.05) is 0 Å². The third kappa shape index (κ3) is 2.21. The first kappa shape index (κ1) is 17.2. The van der Waals surface area contributed by atoms with Crippen molar-refractivity contribution in [3.8, 4) is 17.2 Å². The second-order valence-corrected chi connectivity index (χ2v) is 6.61. The van der Waals surface area contributed by atoms with E-state index in [0.29, 0.717) is 0 Å². The molecule has 2 unspecified atom stereocenters. The van der Waals surface area contributed by atoms with Crippen LogP contribution in [0.15, 0.2) is 18.2 Å². The Morgan fingerprint density at radius 1 is 1.07 bits per heavy atom. The molecule has 2 atom stereocenters. The maximum atomic E-state index is 13.1. The third-order valence-electron chi connectivity index (χ3n) is 5.08. The molecule has 1 aliphatic carbocycles. The molecule has 4 rings (SSSR count).